The van der Waals surface area contributed by atoms with Crippen LogP contribution in [0.4, 0.5) is 0 Å². The van der Waals surface area contributed by atoms with Crippen LogP contribution in [0.3, 0.4) is 0 Å². The van der Waals surface area contributed by atoms with E-state index in [9.17, 15) is 18.0 Å². The van der Waals surface area contributed by atoms with E-state index in [1.165, 1.54) is 4.90 Å². The van der Waals surface area contributed by atoms with E-state index in [-0.39, 0.29) is 26.2 Å². The first-order valence-corrected chi connectivity index (χ1v) is 12.1. The molecule has 1 saturated heterocycles. The molecule has 0 aliphatic carbocycles. The SMILES string of the molecule is Cc1cccc(CN2C(=O)CN(S(C)(=O)=O)CC2(C)C(=O)NCc2ccc(Cl)cc2)c1. The molecule has 9 heteroatoms. The van der Waals surface area contributed by atoms with Crippen molar-refractivity contribution < 1.29 is 18.0 Å². The molecule has 2 aromatic rings. The number of nitrogens with one attached hydrogen (secondary N) is 1. The first-order valence-electron chi connectivity index (χ1n) is 9.83. The van der Waals surface area contributed by atoms with Gasteiger partial charge in [0.05, 0.1) is 12.8 Å². The summed E-state index contributed by atoms with van der Waals surface area (Å²) in [6, 6.07) is 14.7. The lowest BCUT2D eigenvalue weighted by atomic mass is 9.94. The Hall–Kier alpha value is -2.42. The molecule has 2 amide bonds. The third kappa shape index (κ3) is 5.44. The molecule has 2 aromatic carbocycles. The normalized spacial score (nSPS) is 20.0. The molecule has 1 unspecified atom stereocenters. The summed E-state index contributed by atoms with van der Waals surface area (Å²) in [6.45, 7) is 3.60. The van der Waals surface area contributed by atoms with Crippen LogP contribution in [-0.4, -0.2) is 54.3 Å². The molecule has 1 aliphatic heterocycles. The highest BCUT2D eigenvalue weighted by molar-refractivity contribution is 7.88. The van der Waals surface area contributed by atoms with Gasteiger partial charge in [-0.1, -0.05) is 53.6 Å². The summed E-state index contributed by atoms with van der Waals surface area (Å²) in [7, 11) is -3.65. The Morgan fingerprint density at radius 2 is 1.84 bits per heavy atom. The maximum Gasteiger partial charge on any atom is 0.247 e. The monoisotopic (exact) mass is 463 g/mol. The number of carbonyl (C=O) groups is 2. The van der Waals surface area contributed by atoms with Crippen LogP contribution < -0.4 is 5.32 Å². The molecule has 1 heterocycles. The molecule has 0 radical (unpaired) electrons. The molecular weight excluding hydrogens is 438 g/mol. The fourth-order valence-electron chi connectivity index (χ4n) is 3.66. The summed E-state index contributed by atoms with van der Waals surface area (Å²) >= 11 is 5.91. The van der Waals surface area contributed by atoms with Crippen LogP contribution in [0.1, 0.15) is 23.6 Å². The second kappa shape index (κ2) is 8.98. The molecule has 0 bridgehead atoms. The molecule has 3 rings (SSSR count). The van der Waals surface area contributed by atoms with Gasteiger partial charge in [-0.3, -0.25) is 9.59 Å². The summed E-state index contributed by atoms with van der Waals surface area (Å²) in [5, 5.41) is 3.44. The number of sulfonamides is 1. The van der Waals surface area contributed by atoms with Crippen LogP contribution in [0.15, 0.2) is 48.5 Å². The van der Waals surface area contributed by atoms with Gasteiger partial charge >= 0.3 is 0 Å². The van der Waals surface area contributed by atoms with Crippen LogP contribution >= 0.6 is 11.6 Å². The summed E-state index contributed by atoms with van der Waals surface area (Å²) < 4.78 is 25.4. The van der Waals surface area contributed by atoms with Crippen molar-refractivity contribution in [2.45, 2.75) is 32.5 Å². The largest absolute Gasteiger partial charge is 0.350 e. The highest BCUT2D eigenvalue weighted by atomic mass is 35.5. The third-order valence-electron chi connectivity index (χ3n) is 5.44. The van der Waals surface area contributed by atoms with Gasteiger partial charge in [-0.25, -0.2) is 8.42 Å². The number of hydrogen-bond donors (Lipinski definition) is 1. The van der Waals surface area contributed by atoms with Gasteiger partial charge in [-0.15, -0.1) is 0 Å². The molecule has 1 N–H and O–H groups in total. The standard InChI is InChI=1S/C22H26ClN3O4S/c1-16-5-4-6-18(11-16)13-26-20(27)14-25(31(3,29)30)15-22(26,2)21(28)24-12-17-7-9-19(23)10-8-17/h4-11H,12-15H2,1-3H3,(H,24,28). The van der Waals surface area contributed by atoms with Gasteiger partial charge < -0.3 is 10.2 Å². The second-order valence-corrected chi connectivity index (χ2v) is 10.5. The van der Waals surface area contributed by atoms with Crippen LogP contribution in [0.25, 0.3) is 0 Å². The molecule has 0 saturated carbocycles. The fraction of sp³-hybridized carbons (Fsp3) is 0.364. The molecule has 0 aromatic heterocycles. The Labute approximate surface area is 188 Å². The minimum absolute atomic E-state index is 0.115. The van der Waals surface area contributed by atoms with Crippen molar-refractivity contribution >= 4 is 33.4 Å². The average Bonchev–Trinajstić information content (AvgIpc) is 2.69. The number of nitrogens with zero attached hydrogens (tertiary/aromatic N) is 2. The number of halogens is 1. The minimum atomic E-state index is -3.65. The van der Waals surface area contributed by atoms with E-state index in [2.05, 4.69) is 5.32 Å². The molecule has 1 aliphatic rings. The number of hydrogen-bond acceptors (Lipinski definition) is 4. The molecule has 1 atom stereocenters. The summed E-state index contributed by atoms with van der Waals surface area (Å²) in [5.41, 5.74) is 1.38. The first kappa shape index (κ1) is 23.2. The zero-order chi connectivity index (χ0) is 22.8. The van der Waals surface area contributed by atoms with E-state index in [4.69, 9.17) is 11.6 Å². The van der Waals surface area contributed by atoms with Crippen molar-refractivity contribution in [3.05, 3.63) is 70.2 Å². The van der Waals surface area contributed by atoms with Gasteiger partial charge in [0.1, 0.15) is 5.54 Å². The zero-order valence-corrected chi connectivity index (χ0v) is 19.3. The van der Waals surface area contributed by atoms with Gasteiger partial charge in [0.2, 0.25) is 21.8 Å². The van der Waals surface area contributed by atoms with Crippen LogP contribution in [-0.2, 0) is 32.7 Å². The molecular formula is C22H26ClN3O4S. The Morgan fingerprint density at radius 1 is 1.16 bits per heavy atom. The minimum Gasteiger partial charge on any atom is -0.350 e. The first-order chi connectivity index (χ1) is 14.5. The molecule has 7 nitrogen and oxygen atoms in total. The predicted octanol–water partition coefficient (Wildman–Crippen LogP) is 2.33. The number of benzene rings is 2. The third-order valence-corrected chi connectivity index (χ3v) is 6.89. The maximum absolute atomic E-state index is 13.3. The van der Waals surface area contributed by atoms with E-state index in [1.54, 1.807) is 31.2 Å². The van der Waals surface area contributed by atoms with Gasteiger partial charge in [0.25, 0.3) is 0 Å². The van der Waals surface area contributed by atoms with Gasteiger partial charge in [-0.05, 0) is 37.1 Å². The van der Waals surface area contributed by atoms with Gasteiger partial charge in [0, 0.05) is 24.7 Å². The number of piperazine rings is 1. The summed E-state index contributed by atoms with van der Waals surface area (Å²) in [5.74, 6) is -0.834. The van der Waals surface area contributed by atoms with Gasteiger partial charge in [-0.2, -0.15) is 4.31 Å². The van der Waals surface area contributed by atoms with E-state index >= 15 is 0 Å². The quantitative estimate of drug-likeness (QED) is 0.712. The zero-order valence-electron chi connectivity index (χ0n) is 17.8. The average molecular weight is 464 g/mol. The maximum atomic E-state index is 13.3. The predicted molar refractivity (Wildman–Crippen MR) is 120 cm³/mol. The molecule has 0 spiro atoms. The summed E-state index contributed by atoms with van der Waals surface area (Å²) in [4.78, 5) is 27.8. The van der Waals surface area contributed by atoms with E-state index in [1.807, 2.05) is 31.2 Å². The Bertz CT molecular complexity index is 1090. The lowest BCUT2D eigenvalue weighted by Crippen LogP contribution is -2.69. The molecule has 166 valence electrons. The highest BCUT2D eigenvalue weighted by Gasteiger charge is 2.49. The number of carbonyl (C=O) groups excluding carboxylic acids is 2. The summed E-state index contributed by atoms with van der Waals surface area (Å²) in [6.07, 6.45) is 1.04. The Balaban J connectivity index is 1.88. The lowest BCUT2D eigenvalue weighted by Gasteiger charge is -2.46. The number of rotatable bonds is 6. The Kier molecular flexibility index (Phi) is 6.73. The van der Waals surface area contributed by atoms with E-state index < -0.39 is 27.4 Å². The van der Waals surface area contributed by atoms with Crippen molar-refractivity contribution in [3.8, 4) is 0 Å². The van der Waals surface area contributed by atoms with Crippen LogP contribution in [0.5, 0.6) is 0 Å². The smallest absolute Gasteiger partial charge is 0.247 e. The number of amides is 2. The van der Waals surface area contributed by atoms with Gasteiger partial charge in [0.15, 0.2) is 0 Å². The lowest BCUT2D eigenvalue weighted by molar-refractivity contribution is -0.153. The molecule has 1 fully saturated rings. The van der Waals surface area contributed by atoms with Crippen molar-refractivity contribution in [1.29, 1.82) is 0 Å². The van der Waals surface area contributed by atoms with Crippen LogP contribution in [0.2, 0.25) is 5.02 Å². The van der Waals surface area contributed by atoms with Crippen molar-refractivity contribution in [2.24, 2.45) is 0 Å². The van der Waals surface area contributed by atoms with Crippen molar-refractivity contribution in [1.82, 2.24) is 14.5 Å². The highest BCUT2D eigenvalue weighted by Crippen LogP contribution is 2.27. The topological polar surface area (TPSA) is 86.8 Å². The van der Waals surface area contributed by atoms with Crippen molar-refractivity contribution in [2.75, 3.05) is 19.3 Å². The second-order valence-electron chi connectivity index (χ2n) is 8.08. The number of aryl methyl sites for hydroxylation is 1. The van der Waals surface area contributed by atoms with E-state index in [0.29, 0.717) is 5.02 Å². The fourth-order valence-corrected chi connectivity index (χ4v) is 4.61. The van der Waals surface area contributed by atoms with Crippen molar-refractivity contribution in [3.63, 3.8) is 0 Å². The van der Waals surface area contributed by atoms with E-state index in [0.717, 1.165) is 27.3 Å². The molecule has 31 heavy (non-hydrogen) atoms. The Morgan fingerprint density at radius 3 is 2.45 bits per heavy atom. The van der Waals surface area contributed by atoms with Crippen LogP contribution in [0, 0.1) is 6.92 Å².